The van der Waals surface area contributed by atoms with Crippen LogP contribution < -0.4 is 5.32 Å². The van der Waals surface area contributed by atoms with Gasteiger partial charge in [-0.1, -0.05) is 18.1 Å². The molecule has 8 heteroatoms. The van der Waals surface area contributed by atoms with Crippen molar-refractivity contribution in [3.8, 4) is 17.6 Å². The Morgan fingerprint density at radius 2 is 1.82 bits per heavy atom. The van der Waals surface area contributed by atoms with Crippen LogP contribution in [0.1, 0.15) is 43.9 Å². The number of aromatic hydroxyl groups is 1. The number of nitrogens with one attached hydrogen (secondary N) is 1. The second-order valence-electron chi connectivity index (χ2n) is 7.13. The van der Waals surface area contributed by atoms with Crippen molar-refractivity contribution < 1.29 is 18.7 Å². The van der Waals surface area contributed by atoms with Gasteiger partial charge < -0.3 is 10.4 Å². The molecule has 2 aromatic heterocycles. The fourth-order valence-electron chi connectivity index (χ4n) is 3.23. The average Bonchev–Trinajstić information content (AvgIpc) is 3.32. The Morgan fingerprint density at radius 1 is 1.06 bits per heavy atom. The number of phenolic OH excluding ortho intramolecular Hbond substituents is 1. The first kappa shape index (κ1) is 22.1. The number of halogens is 2. The zero-order valence-electron chi connectivity index (χ0n) is 17.3. The maximum absolute atomic E-state index is 13.9. The van der Waals surface area contributed by atoms with Crippen LogP contribution in [0.3, 0.4) is 0 Å². The van der Waals surface area contributed by atoms with E-state index in [0.29, 0.717) is 21.8 Å². The number of rotatable bonds is 4. The first-order chi connectivity index (χ1) is 15.9. The van der Waals surface area contributed by atoms with Crippen LogP contribution in [0.2, 0.25) is 0 Å². The van der Waals surface area contributed by atoms with E-state index in [-0.39, 0.29) is 17.0 Å². The number of benzene rings is 2. The Hall–Kier alpha value is -4.09. The summed E-state index contributed by atoms with van der Waals surface area (Å²) in [6.07, 6.45) is 1.66. The standard InChI is InChI=1S/C25H17F2N3O2S/c1-15-12-16(2-9-23-28-10-11-33-23)13-21(29-15)25(32)30-24(17-3-5-18(26)6-4-17)20-14-19(27)7-8-22(20)31/h3-8,10-14,24,31H,1H3,(H,30,32). The fraction of sp³-hybridized carbons (Fsp3) is 0.0800. The number of amides is 1. The maximum atomic E-state index is 13.9. The molecule has 2 heterocycles. The number of carbonyl (C=O) groups is 1. The smallest absolute Gasteiger partial charge is 0.270 e. The number of aromatic nitrogens is 2. The highest BCUT2D eigenvalue weighted by atomic mass is 32.1. The van der Waals surface area contributed by atoms with Crippen molar-refractivity contribution in [3.63, 3.8) is 0 Å². The fourth-order valence-corrected chi connectivity index (χ4v) is 3.71. The molecule has 0 aliphatic heterocycles. The normalized spacial score (nSPS) is 11.4. The summed E-state index contributed by atoms with van der Waals surface area (Å²) in [5, 5.41) is 15.6. The highest BCUT2D eigenvalue weighted by molar-refractivity contribution is 7.10. The van der Waals surface area contributed by atoms with Crippen molar-refractivity contribution >= 4 is 17.2 Å². The summed E-state index contributed by atoms with van der Waals surface area (Å²) >= 11 is 1.40. The quantitative estimate of drug-likeness (QED) is 0.430. The summed E-state index contributed by atoms with van der Waals surface area (Å²) in [6.45, 7) is 1.74. The molecule has 1 unspecified atom stereocenters. The third kappa shape index (κ3) is 5.40. The molecule has 0 radical (unpaired) electrons. The van der Waals surface area contributed by atoms with Gasteiger partial charge in [0.25, 0.3) is 5.91 Å². The van der Waals surface area contributed by atoms with Crippen molar-refractivity contribution in [2.75, 3.05) is 0 Å². The van der Waals surface area contributed by atoms with Crippen LogP contribution in [0, 0.1) is 30.4 Å². The number of thiazole rings is 1. The van der Waals surface area contributed by atoms with Gasteiger partial charge >= 0.3 is 0 Å². The molecule has 164 valence electrons. The molecule has 0 aliphatic rings. The first-order valence-corrected chi connectivity index (χ1v) is 10.7. The van der Waals surface area contributed by atoms with Crippen molar-refractivity contribution in [2.45, 2.75) is 13.0 Å². The molecule has 4 rings (SSSR count). The third-order valence-electron chi connectivity index (χ3n) is 4.71. The van der Waals surface area contributed by atoms with Crippen LogP contribution in [-0.2, 0) is 0 Å². The zero-order valence-corrected chi connectivity index (χ0v) is 18.2. The average molecular weight is 461 g/mol. The van der Waals surface area contributed by atoms with Crippen molar-refractivity contribution in [2.24, 2.45) is 0 Å². The Morgan fingerprint density at radius 3 is 2.55 bits per heavy atom. The van der Waals surface area contributed by atoms with Gasteiger partial charge in [-0.3, -0.25) is 4.79 Å². The summed E-state index contributed by atoms with van der Waals surface area (Å²) in [5.74, 6) is 4.08. The molecule has 2 N–H and O–H groups in total. The molecule has 1 atom stereocenters. The number of carbonyl (C=O) groups excluding carboxylic acids is 1. The molecule has 1 amide bonds. The van der Waals surface area contributed by atoms with E-state index in [9.17, 15) is 18.7 Å². The van der Waals surface area contributed by atoms with Crippen LogP contribution in [0.25, 0.3) is 0 Å². The van der Waals surface area contributed by atoms with Gasteiger partial charge in [-0.2, -0.15) is 0 Å². The highest BCUT2D eigenvalue weighted by Gasteiger charge is 2.22. The minimum absolute atomic E-state index is 0.0986. The van der Waals surface area contributed by atoms with Gasteiger partial charge in [0.2, 0.25) is 0 Å². The number of hydrogen-bond acceptors (Lipinski definition) is 5. The van der Waals surface area contributed by atoms with E-state index in [4.69, 9.17) is 0 Å². The van der Waals surface area contributed by atoms with Gasteiger partial charge in [-0.05, 0) is 60.9 Å². The monoisotopic (exact) mass is 461 g/mol. The minimum atomic E-state index is -0.944. The van der Waals surface area contributed by atoms with Crippen LogP contribution in [0.5, 0.6) is 5.75 Å². The summed E-state index contributed by atoms with van der Waals surface area (Å²) in [5.41, 5.74) is 1.85. The largest absolute Gasteiger partial charge is 0.508 e. The Balaban J connectivity index is 1.68. The first-order valence-electron chi connectivity index (χ1n) is 9.84. The number of nitrogens with zero attached hydrogens (tertiary/aromatic N) is 2. The summed E-state index contributed by atoms with van der Waals surface area (Å²) in [7, 11) is 0. The molecule has 0 fully saturated rings. The van der Waals surface area contributed by atoms with Crippen molar-refractivity contribution in [1.82, 2.24) is 15.3 Å². The number of pyridine rings is 1. The van der Waals surface area contributed by atoms with Crippen LogP contribution >= 0.6 is 11.3 Å². The Kier molecular flexibility index (Phi) is 6.43. The van der Waals surface area contributed by atoms with E-state index in [1.807, 2.05) is 5.38 Å². The van der Waals surface area contributed by atoms with Gasteiger partial charge in [0, 0.05) is 28.4 Å². The lowest BCUT2D eigenvalue weighted by Crippen LogP contribution is -2.30. The second kappa shape index (κ2) is 9.59. The lowest BCUT2D eigenvalue weighted by Gasteiger charge is -2.21. The Labute approximate surface area is 192 Å². The number of hydrogen-bond donors (Lipinski definition) is 2. The van der Waals surface area contributed by atoms with Crippen LogP contribution in [-0.4, -0.2) is 21.0 Å². The van der Waals surface area contributed by atoms with E-state index in [2.05, 4.69) is 27.1 Å². The molecule has 5 nitrogen and oxygen atoms in total. The van der Waals surface area contributed by atoms with Gasteiger partial charge in [-0.15, -0.1) is 11.3 Å². The van der Waals surface area contributed by atoms with E-state index in [1.54, 1.807) is 19.2 Å². The molecule has 0 spiro atoms. The highest BCUT2D eigenvalue weighted by Crippen LogP contribution is 2.30. The summed E-state index contributed by atoms with van der Waals surface area (Å²) in [6, 6.07) is 11.1. The lowest BCUT2D eigenvalue weighted by atomic mass is 9.97. The van der Waals surface area contributed by atoms with E-state index < -0.39 is 23.6 Å². The summed E-state index contributed by atoms with van der Waals surface area (Å²) in [4.78, 5) is 21.5. The van der Waals surface area contributed by atoms with E-state index >= 15 is 0 Å². The van der Waals surface area contributed by atoms with Crippen LogP contribution in [0.15, 0.2) is 66.2 Å². The van der Waals surface area contributed by atoms with Gasteiger partial charge in [0.15, 0.2) is 5.01 Å². The SMILES string of the molecule is Cc1cc(C#Cc2nccs2)cc(C(=O)NC(c2ccc(F)cc2)c2cc(F)ccc2O)n1. The van der Waals surface area contributed by atoms with E-state index in [1.165, 1.54) is 47.7 Å². The van der Waals surface area contributed by atoms with E-state index in [0.717, 1.165) is 12.1 Å². The second-order valence-corrected chi connectivity index (χ2v) is 8.03. The predicted molar refractivity (Wildman–Crippen MR) is 121 cm³/mol. The molecule has 0 aliphatic carbocycles. The molecular formula is C25H17F2N3O2S. The predicted octanol–water partition coefficient (Wildman–Crippen LogP) is 4.75. The molecule has 4 aromatic rings. The maximum Gasteiger partial charge on any atom is 0.270 e. The molecule has 33 heavy (non-hydrogen) atoms. The molecule has 0 saturated heterocycles. The molecule has 2 aromatic carbocycles. The topological polar surface area (TPSA) is 75.1 Å². The minimum Gasteiger partial charge on any atom is -0.508 e. The van der Waals surface area contributed by atoms with Crippen LogP contribution in [0.4, 0.5) is 8.78 Å². The number of aryl methyl sites for hydroxylation is 1. The van der Waals surface area contributed by atoms with Gasteiger partial charge in [-0.25, -0.2) is 18.7 Å². The molecule has 0 saturated carbocycles. The summed E-state index contributed by atoms with van der Waals surface area (Å²) < 4.78 is 27.4. The zero-order chi connectivity index (χ0) is 23.4. The number of phenols is 1. The Bertz CT molecular complexity index is 1360. The molecule has 0 bridgehead atoms. The van der Waals surface area contributed by atoms with Crippen molar-refractivity contribution in [1.29, 1.82) is 0 Å². The lowest BCUT2D eigenvalue weighted by molar-refractivity contribution is 0.0937. The van der Waals surface area contributed by atoms with Gasteiger partial charge in [0.05, 0.1) is 6.04 Å². The third-order valence-corrected chi connectivity index (χ3v) is 5.40. The van der Waals surface area contributed by atoms with Crippen molar-refractivity contribution in [3.05, 3.63) is 111 Å². The molecular weight excluding hydrogens is 444 g/mol. The van der Waals surface area contributed by atoms with Gasteiger partial charge in [0.1, 0.15) is 23.1 Å².